The van der Waals surface area contributed by atoms with Crippen LogP contribution in [0.2, 0.25) is 0 Å². The van der Waals surface area contributed by atoms with Crippen LogP contribution in [0.3, 0.4) is 0 Å². The number of hydrogen-bond donors (Lipinski definition) is 2. The molecule has 1 aliphatic heterocycles. The maximum Gasteiger partial charge on any atom is 0.0746 e. The summed E-state index contributed by atoms with van der Waals surface area (Å²) >= 11 is 4.52. The highest BCUT2D eigenvalue weighted by Crippen LogP contribution is 2.31. The normalized spacial score (nSPS) is 28.3. The van der Waals surface area contributed by atoms with Gasteiger partial charge in [0.15, 0.2) is 0 Å². The first-order chi connectivity index (χ1) is 7.47. The van der Waals surface area contributed by atoms with Crippen LogP contribution in [-0.4, -0.2) is 41.0 Å². The monoisotopic (exact) mass is 245 g/mol. The van der Waals surface area contributed by atoms with E-state index in [4.69, 9.17) is 0 Å². The molecular formula is C13H27NOS. The zero-order valence-corrected chi connectivity index (χ0v) is 11.9. The topological polar surface area (TPSA) is 23.5 Å². The van der Waals surface area contributed by atoms with Gasteiger partial charge >= 0.3 is 0 Å². The van der Waals surface area contributed by atoms with Crippen molar-refractivity contribution >= 4 is 12.6 Å². The summed E-state index contributed by atoms with van der Waals surface area (Å²) in [6, 6.07) is 0. The molecule has 0 bridgehead atoms. The Labute approximate surface area is 106 Å². The Morgan fingerprint density at radius 1 is 1.38 bits per heavy atom. The summed E-state index contributed by atoms with van der Waals surface area (Å²) in [6.07, 6.45) is 4.40. The number of aliphatic hydroxyl groups is 1. The van der Waals surface area contributed by atoms with Crippen molar-refractivity contribution in [2.24, 2.45) is 5.41 Å². The molecule has 1 fully saturated rings. The summed E-state index contributed by atoms with van der Waals surface area (Å²) in [5.41, 5.74) is -0.154. The Kier molecular flexibility index (Phi) is 5.14. The molecule has 3 heteroatoms. The molecule has 96 valence electrons. The van der Waals surface area contributed by atoms with Crippen molar-refractivity contribution in [3.63, 3.8) is 0 Å². The van der Waals surface area contributed by atoms with E-state index >= 15 is 0 Å². The number of likely N-dealkylation sites (tertiary alicyclic amines) is 1. The van der Waals surface area contributed by atoms with Crippen LogP contribution in [0.4, 0.5) is 0 Å². The van der Waals surface area contributed by atoms with Gasteiger partial charge in [-0.3, -0.25) is 4.90 Å². The fourth-order valence-electron chi connectivity index (χ4n) is 2.68. The summed E-state index contributed by atoms with van der Waals surface area (Å²) in [7, 11) is 0. The third kappa shape index (κ3) is 3.64. The van der Waals surface area contributed by atoms with E-state index in [1.165, 1.54) is 12.8 Å². The highest BCUT2D eigenvalue weighted by molar-refractivity contribution is 7.80. The number of rotatable bonds is 5. The van der Waals surface area contributed by atoms with Gasteiger partial charge in [0.05, 0.1) is 5.60 Å². The molecule has 0 saturated carbocycles. The standard InChI is InChI=1S/C13H27NOS/c1-4-13(5-2,11-16)10-14-8-6-7-12(3,15)9-14/h15-16H,4-11H2,1-3H3. The molecule has 0 amide bonds. The summed E-state index contributed by atoms with van der Waals surface area (Å²) in [5.74, 6) is 0.943. The predicted molar refractivity (Wildman–Crippen MR) is 73.2 cm³/mol. The lowest BCUT2D eigenvalue weighted by Crippen LogP contribution is -2.50. The third-order valence-corrected chi connectivity index (χ3v) is 4.82. The minimum absolute atomic E-state index is 0.330. The number of β-amino-alcohol motifs (C(OH)–C–C–N with tert-alkyl or cyclic N) is 1. The fraction of sp³-hybridized carbons (Fsp3) is 1.00. The summed E-state index contributed by atoms with van der Waals surface area (Å²) in [4.78, 5) is 2.42. The SMILES string of the molecule is CCC(CC)(CS)CN1CCCC(C)(O)C1. The maximum atomic E-state index is 10.1. The molecule has 1 N–H and O–H groups in total. The molecule has 1 saturated heterocycles. The average Bonchev–Trinajstić information content (AvgIpc) is 2.25. The van der Waals surface area contributed by atoms with Gasteiger partial charge in [0, 0.05) is 13.1 Å². The minimum Gasteiger partial charge on any atom is -0.389 e. The smallest absolute Gasteiger partial charge is 0.0746 e. The van der Waals surface area contributed by atoms with Crippen molar-refractivity contribution in [1.82, 2.24) is 4.90 Å². The van der Waals surface area contributed by atoms with E-state index in [1.54, 1.807) is 0 Å². The van der Waals surface area contributed by atoms with Crippen molar-refractivity contribution in [2.45, 2.75) is 52.1 Å². The molecule has 0 aromatic heterocycles. The van der Waals surface area contributed by atoms with Crippen LogP contribution in [-0.2, 0) is 0 Å². The summed E-state index contributed by atoms with van der Waals surface area (Å²) in [6.45, 7) is 9.50. The Morgan fingerprint density at radius 3 is 2.44 bits per heavy atom. The van der Waals surface area contributed by atoms with E-state index in [0.717, 1.165) is 38.2 Å². The zero-order valence-electron chi connectivity index (χ0n) is 11.0. The van der Waals surface area contributed by atoms with E-state index in [1.807, 2.05) is 6.92 Å². The predicted octanol–water partition coefficient (Wildman–Crippen LogP) is 2.57. The van der Waals surface area contributed by atoms with Crippen LogP contribution in [0.25, 0.3) is 0 Å². The third-order valence-electron chi connectivity index (χ3n) is 4.15. The second-order valence-electron chi connectivity index (χ2n) is 5.68. The molecule has 0 radical (unpaired) electrons. The second-order valence-corrected chi connectivity index (χ2v) is 5.99. The van der Waals surface area contributed by atoms with Gasteiger partial charge in [-0.05, 0) is 50.3 Å². The van der Waals surface area contributed by atoms with E-state index < -0.39 is 5.60 Å². The van der Waals surface area contributed by atoms with Gasteiger partial charge in [0.1, 0.15) is 0 Å². The van der Waals surface area contributed by atoms with Crippen molar-refractivity contribution in [3.8, 4) is 0 Å². The first kappa shape index (κ1) is 14.3. The number of thiol groups is 1. The summed E-state index contributed by atoms with van der Waals surface area (Å²) < 4.78 is 0. The molecule has 0 aromatic carbocycles. The van der Waals surface area contributed by atoms with Crippen LogP contribution in [0, 0.1) is 5.41 Å². The van der Waals surface area contributed by atoms with Gasteiger partial charge in [-0.1, -0.05) is 13.8 Å². The Hall–Kier alpha value is 0.270. The largest absolute Gasteiger partial charge is 0.389 e. The van der Waals surface area contributed by atoms with Crippen molar-refractivity contribution in [1.29, 1.82) is 0 Å². The van der Waals surface area contributed by atoms with Gasteiger partial charge < -0.3 is 5.11 Å². The van der Waals surface area contributed by atoms with Crippen LogP contribution >= 0.6 is 12.6 Å². The molecule has 1 atom stereocenters. The molecule has 1 heterocycles. The average molecular weight is 245 g/mol. The van der Waals surface area contributed by atoms with Crippen molar-refractivity contribution in [2.75, 3.05) is 25.4 Å². The van der Waals surface area contributed by atoms with Crippen LogP contribution in [0.1, 0.15) is 46.5 Å². The lowest BCUT2D eigenvalue weighted by molar-refractivity contribution is -0.0272. The van der Waals surface area contributed by atoms with Gasteiger partial charge in [-0.2, -0.15) is 12.6 Å². The molecular weight excluding hydrogens is 218 g/mol. The zero-order chi connectivity index (χ0) is 12.2. The Morgan fingerprint density at radius 2 is 2.00 bits per heavy atom. The lowest BCUT2D eigenvalue weighted by atomic mass is 9.82. The molecule has 1 unspecified atom stereocenters. The number of hydrogen-bond acceptors (Lipinski definition) is 3. The highest BCUT2D eigenvalue weighted by Gasteiger charge is 2.33. The Balaban J connectivity index is 2.58. The van der Waals surface area contributed by atoms with Gasteiger partial charge in [0.25, 0.3) is 0 Å². The van der Waals surface area contributed by atoms with E-state index in [0.29, 0.717) is 5.41 Å². The summed E-state index contributed by atoms with van der Waals surface area (Å²) in [5, 5.41) is 10.1. The second kappa shape index (κ2) is 5.74. The maximum absolute atomic E-state index is 10.1. The van der Waals surface area contributed by atoms with E-state index in [2.05, 4.69) is 31.4 Å². The molecule has 1 aliphatic rings. The van der Waals surface area contributed by atoms with Gasteiger partial charge in [-0.25, -0.2) is 0 Å². The molecule has 0 spiro atoms. The minimum atomic E-state index is -0.484. The molecule has 16 heavy (non-hydrogen) atoms. The number of piperidine rings is 1. The quantitative estimate of drug-likeness (QED) is 0.727. The molecule has 2 nitrogen and oxygen atoms in total. The van der Waals surface area contributed by atoms with Crippen molar-refractivity contribution in [3.05, 3.63) is 0 Å². The fourth-order valence-corrected chi connectivity index (χ4v) is 3.23. The molecule has 0 aliphatic carbocycles. The van der Waals surface area contributed by atoms with Gasteiger partial charge in [-0.15, -0.1) is 0 Å². The first-order valence-electron chi connectivity index (χ1n) is 6.52. The van der Waals surface area contributed by atoms with Crippen LogP contribution in [0.15, 0.2) is 0 Å². The van der Waals surface area contributed by atoms with Gasteiger partial charge in [0.2, 0.25) is 0 Å². The van der Waals surface area contributed by atoms with Crippen LogP contribution < -0.4 is 0 Å². The first-order valence-corrected chi connectivity index (χ1v) is 7.16. The van der Waals surface area contributed by atoms with E-state index in [9.17, 15) is 5.11 Å². The molecule has 0 aromatic rings. The lowest BCUT2D eigenvalue weighted by Gasteiger charge is -2.42. The van der Waals surface area contributed by atoms with Crippen LogP contribution in [0.5, 0.6) is 0 Å². The molecule has 1 rings (SSSR count). The number of nitrogens with zero attached hydrogens (tertiary/aromatic N) is 1. The van der Waals surface area contributed by atoms with E-state index in [-0.39, 0.29) is 0 Å². The Bertz CT molecular complexity index is 206. The highest BCUT2D eigenvalue weighted by atomic mass is 32.1. The van der Waals surface area contributed by atoms with Crippen molar-refractivity contribution < 1.29 is 5.11 Å².